The van der Waals surface area contributed by atoms with Gasteiger partial charge in [-0.25, -0.2) is 0 Å². The lowest BCUT2D eigenvalue weighted by atomic mass is 10.0. The smallest absolute Gasteiger partial charge is 0.277 e. The number of nitrogens with two attached hydrogens (primary N) is 1. The topological polar surface area (TPSA) is 85.8 Å². The molecule has 0 aliphatic carbocycles. The molecular formula is C21H19N5OS. The van der Waals surface area contributed by atoms with Crippen LogP contribution in [0.1, 0.15) is 16.1 Å². The second-order valence-corrected chi connectivity index (χ2v) is 7.15. The zero-order valence-electron chi connectivity index (χ0n) is 15.1. The van der Waals surface area contributed by atoms with Crippen LogP contribution in [0.15, 0.2) is 71.6 Å². The van der Waals surface area contributed by atoms with Crippen LogP contribution >= 0.6 is 11.3 Å². The fourth-order valence-electron chi connectivity index (χ4n) is 2.85. The molecule has 28 heavy (non-hydrogen) atoms. The summed E-state index contributed by atoms with van der Waals surface area (Å²) in [6.07, 6.45) is 2.50. The number of carbonyl (C=O) groups is 1. The number of nitrogens with one attached hydrogen (secondary N) is 1. The number of aryl methyl sites for hydroxylation is 2. The van der Waals surface area contributed by atoms with Crippen molar-refractivity contribution in [1.29, 1.82) is 0 Å². The third-order valence-electron chi connectivity index (χ3n) is 4.39. The van der Waals surface area contributed by atoms with Crippen LogP contribution in [-0.4, -0.2) is 20.9 Å². The number of aromatic nitrogens is 3. The van der Waals surface area contributed by atoms with Crippen molar-refractivity contribution in [2.45, 2.75) is 13.0 Å². The number of nitrogens with zero attached hydrogens (tertiary/aromatic N) is 3. The molecule has 0 bridgehead atoms. The zero-order chi connectivity index (χ0) is 19.3. The number of hydrogen-bond acceptors (Lipinski definition) is 5. The van der Waals surface area contributed by atoms with Crippen LogP contribution in [0.3, 0.4) is 0 Å². The predicted octanol–water partition coefficient (Wildman–Crippen LogP) is 4.08. The van der Waals surface area contributed by atoms with E-state index in [4.69, 9.17) is 5.73 Å². The minimum absolute atomic E-state index is 0.259. The van der Waals surface area contributed by atoms with Crippen molar-refractivity contribution < 1.29 is 4.79 Å². The molecule has 0 aliphatic rings. The fraction of sp³-hybridized carbons (Fsp3) is 0.0952. The number of rotatable bonds is 6. The van der Waals surface area contributed by atoms with Gasteiger partial charge in [-0.2, -0.15) is 11.3 Å². The van der Waals surface area contributed by atoms with Gasteiger partial charge in [-0.05, 0) is 52.1 Å². The minimum atomic E-state index is -0.335. The highest BCUT2D eigenvalue weighted by Gasteiger charge is 2.13. The average molecular weight is 389 g/mol. The van der Waals surface area contributed by atoms with Crippen LogP contribution in [0.4, 0.5) is 11.4 Å². The molecule has 0 aliphatic heterocycles. The largest absolute Gasteiger partial charge is 0.397 e. The Morgan fingerprint density at radius 2 is 1.96 bits per heavy atom. The summed E-state index contributed by atoms with van der Waals surface area (Å²) >= 11 is 1.67. The standard InChI is InChI=1S/C21H19N5OS/c22-18-7-6-17(16-4-2-1-3-5-16)12-19(18)23-21(27)20-13-26(25-24-20)10-8-15-9-11-28-14-15/h1-7,9,11-14H,8,10,22H2,(H,23,27). The van der Waals surface area contributed by atoms with Crippen molar-refractivity contribution in [3.63, 3.8) is 0 Å². The first kappa shape index (κ1) is 17.9. The highest BCUT2D eigenvalue weighted by molar-refractivity contribution is 7.07. The van der Waals surface area contributed by atoms with Gasteiger partial charge < -0.3 is 11.1 Å². The van der Waals surface area contributed by atoms with Crippen molar-refractivity contribution in [3.8, 4) is 11.1 Å². The van der Waals surface area contributed by atoms with Crippen LogP contribution in [0, 0.1) is 0 Å². The summed E-state index contributed by atoms with van der Waals surface area (Å²) in [6, 6.07) is 17.6. The van der Waals surface area contributed by atoms with Gasteiger partial charge in [0.1, 0.15) is 0 Å². The molecule has 140 valence electrons. The molecule has 2 aromatic carbocycles. The van der Waals surface area contributed by atoms with Gasteiger partial charge in [0.25, 0.3) is 5.91 Å². The molecule has 0 spiro atoms. The van der Waals surface area contributed by atoms with Gasteiger partial charge in [0.05, 0.1) is 17.6 Å². The fourth-order valence-corrected chi connectivity index (χ4v) is 3.55. The lowest BCUT2D eigenvalue weighted by Crippen LogP contribution is -2.13. The van der Waals surface area contributed by atoms with Crippen molar-refractivity contribution in [3.05, 3.63) is 82.8 Å². The van der Waals surface area contributed by atoms with Crippen LogP contribution in [0.5, 0.6) is 0 Å². The molecule has 0 radical (unpaired) electrons. The second-order valence-electron chi connectivity index (χ2n) is 6.37. The van der Waals surface area contributed by atoms with Crippen molar-refractivity contribution in [1.82, 2.24) is 15.0 Å². The Labute approximate surface area is 166 Å². The average Bonchev–Trinajstić information content (AvgIpc) is 3.40. The molecule has 1 amide bonds. The molecule has 6 nitrogen and oxygen atoms in total. The third kappa shape index (κ3) is 4.10. The molecule has 0 saturated heterocycles. The van der Waals surface area contributed by atoms with E-state index in [1.54, 1.807) is 28.3 Å². The minimum Gasteiger partial charge on any atom is -0.397 e. The highest BCUT2D eigenvalue weighted by atomic mass is 32.1. The number of benzene rings is 2. The van der Waals surface area contributed by atoms with Gasteiger partial charge >= 0.3 is 0 Å². The molecule has 3 N–H and O–H groups in total. The van der Waals surface area contributed by atoms with E-state index < -0.39 is 0 Å². The van der Waals surface area contributed by atoms with E-state index in [-0.39, 0.29) is 11.6 Å². The summed E-state index contributed by atoms with van der Waals surface area (Å²) in [5, 5.41) is 15.0. The first-order valence-corrected chi connectivity index (χ1v) is 9.81. The monoisotopic (exact) mass is 389 g/mol. The van der Waals surface area contributed by atoms with Gasteiger partial charge in [0.15, 0.2) is 5.69 Å². The SMILES string of the molecule is Nc1ccc(-c2ccccc2)cc1NC(=O)c1cn(CCc2ccsc2)nn1. The molecule has 0 unspecified atom stereocenters. The molecule has 0 saturated carbocycles. The Hall–Kier alpha value is -3.45. The maximum Gasteiger partial charge on any atom is 0.277 e. The number of thiophene rings is 1. The van der Waals surface area contributed by atoms with Crippen molar-refractivity contribution in [2.24, 2.45) is 0 Å². The van der Waals surface area contributed by atoms with Gasteiger partial charge in [-0.1, -0.05) is 41.6 Å². The molecule has 4 aromatic rings. The summed E-state index contributed by atoms with van der Waals surface area (Å²) in [6.45, 7) is 0.669. The van der Waals surface area contributed by atoms with E-state index in [2.05, 4.69) is 27.1 Å². The van der Waals surface area contributed by atoms with E-state index in [1.165, 1.54) is 5.56 Å². The van der Waals surface area contributed by atoms with E-state index in [0.29, 0.717) is 17.9 Å². The van der Waals surface area contributed by atoms with Gasteiger partial charge in [0, 0.05) is 6.54 Å². The maximum absolute atomic E-state index is 12.6. The Morgan fingerprint density at radius 3 is 2.75 bits per heavy atom. The highest BCUT2D eigenvalue weighted by Crippen LogP contribution is 2.27. The third-order valence-corrected chi connectivity index (χ3v) is 5.12. The van der Waals surface area contributed by atoms with E-state index >= 15 is 0 Å². The number of anilines is 2. The predicted molar refractivity (Wildman–Crippen MR) is 112 cm³/mol. The lowest BCUT2D eigenvalue weighted by Gasteiger charge is -2.09. The normalized spacial score (nSPS) is 10.7. The summed E-state index contributed by atoms with van der Waals surface area (Å²) in [5.41, 5.74) is 10.6. The summed E-state index contributed by atoms with van der Waals surface area (Å²) in [7, 11) is 0. The van der Waals surface area contributed by atoms with E-state index in [0.717, 1.165) is 17.5 Å². The zero-order valence-corrected chi connectivity index (χ0v) is 15.9. The first-order chi connectivity index (χ1) is 13.7. The molecule has 2 aromatic heterocycles. The number of carbonyl (C=O) groups excluding carboxylic acids is 1. The maximum atomic E-state index is 12.6. The summed E-state index contributed by atoms with van der Waals surface area (Å²) < 4.78 is 1.68. The Kier molecular flexibility index (Phi) is 5.16. The lowest BCUT2D eigenvalue weighted by molar-refractivity contribution is 0.102. The second kappa shape index (κ2) is 8.06. The van der Waals surface area contributed by atoms with Crippen LogP contribution < -0.4 is 11.1 Å². The number of hydrogen-bond donors (Lipinski definition) is 2. The molecular weight excluding hydrogens is 370 g/mol. The van der Waals surface area contributed by atoms with E-state index in [1.807, 2.05) is 47.8 Å². The van der Waals surface area contributed by atoms with Gasteiger partial charge in [-0.3, -0.25) is 9.48 Å². The summed E-state index contributed by atoms with van der Waals surface area (Å²) in [4.78, 5) is 12.6. The molecule has 0 fully saturated rings. The van der Waals surface area contributed by atoms with Gasteiger partial charge in [0.2, 0.25) is 0 Å². The van der Waals surface area contributed by atoms with Crippen LogP contribution in [0.25, 0.3) is 11.1 Å². The Balaban J connectivity index is 1.46. The van der Waals surface area contributed by atoms with E-state index in [9.17, 15) is 4.79 Å². The first-order valence-electron chi connectivity index (χ1n) is 8.86. The number of amides is 1. The van der Waals surface area contributed by atoms with Crippen molar-refractivity contribution >= 4 is 28.6 Å². The number of nitrogen functional groups attached to an aromatic ring is 1. The molecule has 0 atom stereocenters. The summed E-state index contributed by atoms with van der Waals surface area (Å²) in [5.74, 6) is -0.335. The Bertz CT molecular complexity index is 1070. The van der Waals surface area contributed by atoms with Crippen LogP contribution in [0.2, 0.25) is 0 Å². The quantitative estimate of drug-likeness (QED) is 0.487. The molecule has 7 heteroatoms. The van der Waals surface area contributed by atoms with Gasteiger partial charge in [-0.15, -0.1) is 5.10 Å². The Morgan fingerprint density at radius 1 is 1.11 bits per heavy atom. The molecule has 2 heterocycles. The molecule has 4 rings (SSSR count). The van der Waals surface area contributed by atoms with Crippen LogP contribution in [-0.2, 0) is 13.0 Å². The van der Waals surface area contributed by atoms with Crippen molar-refractivity contribution in [2.75, 3.05) is 11.1 Å².